The molecule has 1 aromatic carbocycles. The van der Waals surface area contributed by atoms with Gasteiger partial charge in [0, 0.05) is 17.1 Å². The molecule has 0 radical (unpaired) electrons. The number of rotatable bonds is 5. The third kappa shape index (κ3) is 4.04. The Morgan fingerprint density at radius 1 is 1.26 bits per heavy atom. The van der Waals surface area contributed by atoms with Gasteiger partial charge in [0.05, 0.1) is 5.69 Å². The highest BCUT2D eigenvalue weighted by Gasteiger charge is 2.04. The van der Waals surface area contributed by atoms with Crippen LogP contribution in [0.4, 0.5) is 0 Å². The molecule has 2 aromatic rings. The number of nitrogens with zero attached hydrogens (tertiary/aromatic N) is 1. The van der Waals surface area contributed by atoms with E-state index in [2.05, 4.69) is 33.2 Å². The van der Waals surface area contributed by atoms with Crippen LogP contribution >= 0.6 is 15.9 Å². The molecule has 19 heavy (non-hydrogen) atoms. The molecule has 2 rings (SSSR count). The highest BCUT2D eigenvalue weighted by Crippen LogP contribution is 2.26. The minimum absolute atomic E-state index is 0.626. The lowest BCUT2D eigenvalue weighted by Gasteiger charge is -2.09. The summed E-state index contributed by atoms with van der Waals surface area (Å²) in [5.74, 6) is 1.46. The highest BCUT2D eigenvalue weighted by molar-refractivity contribution is 9.10. The normalized spacial score (nSPS) is 10.5. The lowest BCUT2D eigenvalue weighted by Crippen LogP contribution is -2.12. The van der Waals surface area contributed by atoms with Gasteiger partial charge >= 0.3 is 0 Å². The van der Waals surface area contributed by atoms with E-state index in [0.717, 1.165) is 34.6 Å². The molecule has 0 aliphatic heterocycles. The van der Waals surface area contributed by atoms with Gasteiger partial charge in [0.25, 0.3) is 0 Å². The second-order valence-corrected chi connectivity index (χ2v) is 5.18. The van der Waals surface area contributed by atoms with Gasteiger partial charge in [-0.1, -0.05) is 28.9 Å². The van der Waals surface area contributed by atoms with Crippen molar-refractivity contribution in [2.24, 2.45) is 0 Å². The van der Waals surface area contributed by atoms with Crippen molar-refractivity contribution in [1.82, 2.24) is 10.3 Å². The molecular weight excluding hydrogens is 304 g/mol. The fourth-order valence-electron chi connectivity index (χ4n) is 1.71. The molecule has 3 nitrogen and oxygen atoms in total. The molecule has 0 fully saturated rings. The van der Waals surface area contributed by atoms with E-state index in [4.69, 9.17) is 4.74 Å². The van der Waals surface area contributed by atoms with Crippen LogP contribution in [-0.2, 0) is 6.54 Å². The van der Waals surface area contributed by atoms with E-state index in [0.29, 0.717) is 5.88 Å². The zero-order valence-electron chi connectivity index (χ0n) is 11.1. The monoisotopic (exact) mass is 320 g/mol. The van der Waals surface area contributed by atoms with Crippen molar-refractivity contribution < 1.29 is 4.74 Å². The number of aromatic nitrogens is 1. The Kier molecular flexibility index (Phi) is 4.93. The summed E-state index contributed by atoms with van der Waals surface area (Å²) in [6, 6.07) is 11.8. The molecule has 1 heterocycles. The van der Waals surface area contributed by atoms with E-state index in [9.17, 15) is 0 Å². The summed E-state index contributed by atoms with van der Waals surface area (Å²) in [5.41, 5.74) is 2.06. The number of hydrogen-bond acceptors (Lipinski definition) is 3. The Hall–Kier alpha value is -1.39. The van der Waals surface area contributed by atoms with Crippen LogP contribution in [0.1, 0.15) is 18.2 Å². The van der Waals surface area contributed by atoms with Gasteiger partial charge in [-0.3, -0.25) is 0 Å². The van der Waals surface area contributed by atoms with Crippen LogP contribution in [0.3, 0.4) is 0 Å². The van der Waals surface area contributed by atoms with Crippen molar-refractivity contribution in [2.75, 3.05) is 6.54 Å². The second kappa shape index (κ2) is 6.68. The zero-order valence-corrected chi connectivity index (χ0v) is 12.7. The molecule has 100 valence electrons. The average molecular weight is 321 g/mol. The molecule has 0 saturated carbocycles. The minimum atomic E-state index is 0.626. The van der Waals surface area contributed by atoms with E-state index < -0.39 is 0 Å². The second-order valence-electron chi connectivity index (χ2n) is 4.26. The predicted octanol–water partition coefficient (Wildman–Crippen LogP) is 4.05. The Bertz CT molecular complexity index is 558. The standard InChI is InChI=1S/C15H17BrN2O/c1-3-17-10-13-5-4-6-15(18-13)19-14-8-7-12(16)9-11(14)2/h4-9,17H,3,10H2,1-2H3. The third-order valence-electron chi connectivity index (χ3n) is 2.69. The molecule has 0 amide bonds. The van der Waals surface area contributed by atoms with Crippen molar-refractivity contribution in [3.63, 3.8) is 0 Å². The zero-order chi connectivity index (χ0) is 13.7. The predicted molar refractivity (Wildman–Crippen MR) is 80.6 cm³/mol. The van der Waals surface area contributed by atoms with Crippen LogP contribution in [0.2, 0.25) is 0 Å². The Morgan fingerprint density at radius 2 is 2.11 bits per heavy atom. The summed E-state index contributed by atoms with van der Waals surface area (Å²) in [7, 11) is 0. The summed E-state index contributed by atoms with van der Waals surface area (Å²) in [5, 5.41) is 3.25. The minimum Gasteiger partial charge on any atom is -0.439 e. The topological polar surface area (TPSA) is 34.1 Å². The summed E-state index contributed by atoms with van der Waals surface area (Å²) in [6.07, 6.45) is 0. The quantitative estimate of drug-likeness (QED) is 0.902. The van der Waals surface area contributed by atoms with Crippen LogP contribution in [-0.4, -0.2) is 11.5 Å². The maximum Gasteiger partial charge on any atom is 0.219 e. The first kappa shape index (κ1) is 14.0. The van der Waals surface area contributed by atoms with Crippen molar-refractivity contribution in [3.05, 3.63) is 52.1 Å². The highest BCUT2D eigenvalue weighted by atomic mass is 79.9. The molecule has 0 unspecified atom stereocenters. The molecule has 1 aromatic heterocycles. The fraction of sp³-hybridized carbons (Fsp3) is 0.267. The number of nitrogens with one attached hydrogen (secondary N) is 1. The van der Waals surface area contributed by atoms with Gasteiger partial charge in [-0.2, -0.15) is 0 Å². The molecule has 0 spiro atoms. The number of aryl methyl sites for hydroxylation is 1. The summed E-state index contributed by atoms with van der Waals surface area (Å²) >= 11 is 3.44. The van der Waals surface area contributed by atoms with Gasteiger partial charge in [0.2, 0.25) is 5.88 Å². The third-order valence-corrected chi connectivity index (χ3v) is 3.18. The Morgan fingerprint density at radius 3 is 2.84 bits per heavy atom. The van der Waals surface area contributed by atoms with Crippen molar-refractivity contribution in [3.8, 4) is 11.6 Å². The number of ether oxygens (including phenoxy) is 1. The smallest absolute Gasteiger partial charge is 0.219 e. The first-order chi connectivity index (χ1) is 9.19. The Balaban J connectivity index is 2.14. The SMILES string of the molecule is CCNCc1cccc(Oc2ccc(Br)cc2C)n1. The molecule has 0 aliphatic carbocycles. The van der Waals surface area contributed by atoms with Crippen LogP contribution in [0.25, 0.3) is 0 Å². The van der Waals surface area contributed by atoms with Crippen molar-refractivity contribution in [1.29, 1.82) is 0 Å². The summed E-state index contributed by atoms with van der Waals surface area (Å²) in [6.45, 7) is 5.78. The van der Waals surface area contributed by atoms with E-state index in [-0.39, 0.29) is 0 Å². The van der Waals surface area contributed by atoms with Crippen LogP contribution < -0.4 is 10.1 Å². The maximum atomic E-state index is 5.83. The van der Waals surface area contributed by atoms with E-state index in [1.165, 1.54) is 0 Å². The van der Waals surface area contributed by atoms with Gasteiger partial charge in [0.1, 0.15) is 5.75 Å². The van der Waals surface area contributed by atoms with Gasteiger partial charge < -0.3 is 10.1 Å². The molecule has 0 aliphatic rings. The van der Waals surface area contributed by atoms with Gasteiger partial charge in [0.15, 0.2) is 0 Å². The molecule has 0 saturated heterocycles. The first-order valence-corrected chi connectivity index (χ1v) is 7.09. The van der Waals surface area contributed by atoms with Crippen LogP contribution in [0, 0.1) is 6.92 Å². The number of benzene rings is 1. The molecular formula is C15H17BrN2O. The van der Waals surface area contributed by atoms with Gasteiger partial charge in [-0.25, -0.2) is 4.98 Å². The molecule has 0 atom stereocenters. The largest absolute Gasteiger partial charge is 0.439 e. The first-order valence-electron chi connectivity index (χ1n) is 6.29. The lowest BCUT2D eigenvalue weighted by atomic mass is 10.2. The molecule has 1 N–H and O–H groups in total. The lowest BCUT2D eigenvalue weighted by molar-refractivity contribution is 0.456. The summed E-state index contributed by atoms with van der Waals surface area (Å²) < 4.78 is 6.87. The summed E-state index contributed by atoms with van der Waals surface area (Å²) in [4.78, 5) is 4.47. The molecule has 0 bridgehead atoms. The van der Waals surface area contributed by atoms with Crippen molar-refractivity contribution >= 4 is 15.9 Å². The average Bonchev–Trinajstić information content (AvgIpc) is 2.40. The molecule has 4 heteroatoms. The van der Waals surface area contributed by atoms with Gasteiger partial charge in [-0.05, 0) is 43.3 Å². The van der Waals surface area contributed by atoms with E-state index in [1.54, 1.807) is 0 Å². The van der Waals surface area contributed by atoms with Crippen LogP contribution in [0.5, 0.6) is 11.6 Å². The van der Waals surface area contributed by atoms with E-state index in [1.807, 2.05) is 43.3 Å². The Labute approximate surface area is 122 Å². The maximum absolute atomic E-state index is 5.83. The van der Waals surface area contributed by atoms with E-state index >= 15 is 0 Å². The van der Waals surface area contributed by atoms with Gasteiger partial charge in [-0.15, -0.1) is 0 Å². The number of halogens is 1. The van der Waals surface area contributed by atoms with Crippen molar-refractivity contribution in [2.45, 2.75) is 20.4 Å². The van der Waals surface area contributed by atoms with Crippen LogP contribution in [0.15, 0.2) is 40.9 Å². The number of hydrogen-bond donors (Lipinski definition) is 1. The number of pyridine rings is 1. The fourth-order valence-corrected chi connectivity index (χ4v) is 2.18.